The molecule has 0 unspecified atom stereocenters. The molecule has 2 saturated heterocycles. The predicted octanol–water partition coefficient (Wildman–Crippen LogP) is 2.43. The number of hydrogen-bond acceptors (Lipinski definition) is 5. The van der Waals surface area contributed by atoms with Gasteiger partial charge in [-0.25, -0.2) is 0 Å². The van der Waals surface area contributed by atoms with E-state index in [9.17, 15) is 0 Å². The molecule has 0 aliphatic carbocycles. The first-order valence-corrected chi connectivity index (χ1v) is 12.5. The summed E-state index contributed by atoms with van der Waals surface area (Å²) >= 11 is 0.994. The Morgan fingerprint density at radius 3 is 2.33 bits per heavy atom. The summed E-state index contributed by atoms with van der Waals surface area (Å²) in [6.45, 7) is 7.11. The fraction of sp³-hybridized carbons (Fsp3) is 0.833. The molecule has 0 aromatic carbocycles. The van der Waals surface area contributed by atoms with E-state index >= 15 is 0 Å². The molecule has 3 heterocycles. The second-order valence-corrected chi connectivity index (χ2v) is 12.2. The van der Waals surface area contributed by atoms with E-state index in [2.05, 4.69) is 28.1 Å². The number of aromatic nitrogens is 2. The van der Waals surface area contributed by atoms with E-state index in [4.69, 9.17) is 0 Å². The molecule has 6 heteroatoms. The summed E-state index contributed by atoms with van der Waals surface area (Å²) in [5.41, 5.74) is 0.599. The van der Waals surface area contributed by atoms with E-state index < -0.39 is 20.1 Å². The quantitative estimate of drug-likeness (QED) is 0.448. The number of piperidine rings is 1. The molecule has 1 aromatic heterocycles. The molecule has 102 valence electrons. The average Bonchev–Trinajstić information content (AvgIpc) is 2.72. The van der Waals surface area contributed by atoms with Crippen molar-refractivity contribution in [3.05, 3.63) is 5.01 Å². The Morgan fingerprint density at radius 2 is 1.83 bits per heavy atom. The maximum absolute atomic E-state index is 4.25. The molecule has 0 saturated carbocycles. The minimum atomic E-state index is -0.731. The van der Waals surface area contributed by atoms with Crippen LogP contribution in [0.25, 0.3) is 0 Å². The average molecular weight is 380 g/mol. The van der Waals surface area contributed by atoms with Gasteiger partial charge in [-0.3, -0.25) is 0 Å². The van der Waals surface area contributed by atoms with Gasteiger partial charge in [0, 0.05) is 0 Å². The van der Waals surface area contributed by atoms with Crippen LogP contribution in [0.5, 0.6) is 0 Å². The van der Waals surface area contributed by atoms with Crippen molar-refractivity contribution < 1.29 is 0 Å². The van der Waals surface area contributed by atoms with E-state index in [0.717, 1.165) is 10.1 Å². The van der Waals surface area contributed by atoms with Gasteiger partial charge in [0.1, 0.15) is 0 Å². The normalized spacial score (nSPS) is 24.2. The first-order valence-electron chi connectivity index (χ1n) is 6.38. The van der Waals surface area contributed by atoms with Crippen LogP contribution in [0.15, 0.2) is 0 Å². The van der Waals surface area contributed by atoms with Crippen LogP contribution in [0.4, 0.5) is 5.13 Å². The molecular weight excluding hydrogens is 359 g/mol. The third-order valence-electron chi connectivity index (χ3n) is 4.09. The van der Waals surface area contributed by atoms with Gasteiger partial charge in [-0.15, -0.1) is 0 Å². The zero-order valence-electron chi connectivity index (χ0n) is 11.3. The van der Waals surface area contributed by atoms with Crippen LogP contribution in [-0.4, -0.2) is 49.4 Å². The van der Waals surface area contributed by atoms with Crippen LogP contribution in [-0.2, 0) is 0 Å². The first kappa shape index (κ1) is 13.1. The van der Waals surface area contributed by atoms with Gasteiger partial charge in [0.15, 0.2) is 0 Å². The van der Waals surface area contributed by atoms with Crippen molar-refractivity contribution in [2.24, 2.45) is 5.41 Å². The molecule has 1 aromatic rings. The zero-order chi connectivity index (χ0) is 12.8. The molecule has 2 fully saturated rings. The minimum absolute atomic E-state index is 0.599. The predicted molar refractivity (Wildman–Crippen MR) is 86.0 cm³/mol. The molecule has 3 rings (SSSR count). The maximum atomic E-state index is 4.25. The van der Waals surface area contributed by atoms with Gasteiger partial charge in [-0.2, -0.15) is 0 Å². The van der Waals surface area contributed by atoms with Crippen molar-refractivity contribution >= 4 is 36.6 Å². The third-order valence-corrected chi connectivity index (χ3v) is 8.68. The van der Waals surface area contributed by atoms with Gasteiger partial charge in [0.25, 0.3) is 0 Å². The number of alkyl halides is 2. The number of anilines is 1. The topological polar surface area (TPSA) is 32.3 Å². The number of nitrogens with zero attached hydrogens (tertiary/aromatic N) is 4. The van der Waals surface area contributed by atoms with Crippen LogP contribution in [0.3, 0.4) is 0 Å². The van der Waals surface area contributed by atoms with Gasteiger partial charge < -0.3 is 0 Å². The Hall–Kier alpha value is 0.0500. The van der Waals surface area contributed by atoms with Crippen LogP contribution in [0.2, 0.25) is 0 Å². The third kappa shape index (κ3) is 2.38. The Labute approximate surface area is 121 Å². The van der Waals surface area contributed by atoms with Gasteiger partial charge in [-0.05, 0) is 0 Å². The van der Waals surface area contributed by atoms with Crippen molar-refractivity contribution in [3.63, 3.8) is 0 Å². The van der Waals surface area contributed by atoms with E-state index in [0.29, 0.717) is 5.41 Å². The molecule has 0 bridgehead atoms. The number of hydrogen-bond donors (Lipinski definition) is 0. The molecule has 0 amide bonds. The van der Waals surface area contributed by atoms with E-state index in [1.807, 2.05) is 6.92 Å². The van der Waals surface area contributed by atoms with Gasteiger partial charge >= 0.3 is 121 Å². The molecule has 18 heavy (non-hydrogen) atoms. The summed E-state index contributed by atoms with van der Waals surface area (Å²) < 4.78 is 2.76. The van der Waals surface area contributed by atoms with E-state index in [1.165, 1.54) is 39.0 Å². The van der Waals surface area contributed by atoms with Gasteiger partial charge in [0.05, 0.1) is 0 Å². The molecule has 2 aliphatic heterocycles. The number of aryl methyl sites for hydroxylation is 1. The number of rotatable bonds is 2. The van der Waals surface area contributed by atoms with Crippen LogP contribution in [0, 0.1) is 12.3 Å². The van der Waals surface area contributed by atoms with Crippen LogP contribution >= 0.6 is 31.4 Å². The summed E-state index contributed by atoms with van der Waals surface area (Å²) in [6.07, 6.45) is 2.77. The number of halogens is 1. The van der Waals surface area contributed by atoms with Crippen LogP contribution < -0.4 is 4.90 Å². The Morgan fingerprint density at radius 1 is 1.17 bits per heavy atom. The fourth-order valence-electron chi connectivity index (χ4n) is 2.92. The van der Waals surface area contributed by atoms with E-state index in [1.54, 1.807) is 11.3 Å². The van der Waals surface area contributed by atoms with Crippen molar-refractivity contribution in [3.8, 4) is 0 Å². The second kappa shape index (κ2) is 4.86. The van der Waals surface area contributed by atoms with Gasteiger partial charge in [-0.1, -0.05) is 0 Å². The molecule has 4 nitrogen and oxygen atoms in total. The zero-order valence-corrected chi connectivity index (χ0v) is 14.3. The van der Waals surface area contributed by atoms with Crippen molar-refractivity contribution in [2.45, 2.75) is 19.8 Å². The van der Waals surface area contributed by atoms with E-state index in [-0.39, 0.29) is 0 Å². The Bertz CT molecular complexity index is 417. The Kier molecular flexibility index (Phi) is 3.53. The summed E-state index contributed by atoms with van der Waals surface area (Å²) in [4.78, 5) is 7.33. The summed E-state index contributed by atoms with van der Waals surface area (Å²) in [7, 11) is 0. The van der Waals surface area contributed by atoms with Gasteiger partial charge in [0.2, 0.25) is 0 Å². The summed E-state index contributed by atoms with van der Waals surface area (Å²) in [6, 6.07) is 0. The van der Waals surface area contributed by atoms with Crippen LogP contribution in [0.1, 0.15) is 17.8 Å². The standard InChI is InChI=1S/C12H21IN4S/c1-10-14-15-11(18-10)16-8-12(9-16)4-6-17(7-5-12)13(2)3/h4-9H2,1-3H3. The molecule has 0 atom stereocenters. The molecule has 0 N–H and O–H groups in total. The molecule has 2 aliphatic rings. The molecular formula is C12H21IN4S. The summed E-state index contributed by atoms with van der Waals surface area (Å²) in [5.74, 6) is 0. The van der Waals surface area contributed by atoms with Crippen molar-refractivity contribution in [1.82, 2.24) is 13.3 Å². The first-order chi connectivity index (χ1) is 8.58. The second-order valence-electron chi connectivity index (χ2n) is 5.59. The van der Waals surface area contributed by atoms with Crippen molar-refractivity contribution in [1.29, 1.82) is 0 Å². The summed E-state index contributed by atoms with van der Waals surface area (Å²) in [5, 5.41) is 10.6. The molecule has 1 spiro atoms. The molecule has 0 radical (unpaired) electrons. The fourth-order valence-corrected chi connectivity index (χ4v) is 6.02. The SMILES string of the molecule is Cc1nnc(N2CC3(CCN(I(C)C)CC3)C2)s1. The van der Waals surface area contributed by atoms with Crippen molar-refractivity contribution in [2.75, 3.05) is 40.9 Å². The Balaban J connectivity index is 1.56. The monoisotopic (exact) mass is 380 g/mol.